The van der Waals surface area contributed by atoms with Crippen LogP contribution in [0.2, 0.25) is 0 Å². The highest BCUT2D eigenvalue weighted by Gasteiger charge is 2.26. The molecule has 1 aliphatic heterocycles. The molecule has 0 spiro atoms. The molecule has 1 amide bonds. The maximum absolute atomic E-state index is 14.5. The number of nitrogens with zero attached hydrogens (tertiary/aromatic N) is 2. The number of benzene rings is 2. The minimum Gasteiger partial charge on any atom is -0.481 e. The van der Waals surface area contributed by atoms with Crippen molar-refractivity contribution in [2.75, 3.05) is 24.5 Å². The first kappa shape index (κ1) is 25.0. The largest absolute Gasteiger partial charge is 0.481 e. The number of amides is 1. The quantitative estimate of drug-likeness (QED) is 0.387. The number of aromatic nitrogens is 1. The van der Waals surface area contributed by atoms with Gasteiger partial charge in [-0.1, -0.05) is 22.0 Å². The molecule has 0 aliphatic carbocycles. The van der Waals surface area contributed by atoms with Gasteiger partial charge in [0.25, 0.3) is 5.91 Å². The summed E-state index contributed by atoms with van der Waals surface area (Å²) in [6.07, 6.45) is 1.81. The number of carboxylic acid groups (broad SMARTS) is 1. The number of hydrogen-bond acceptors (Lipinski definition) is 4. The van der Waals surface area contributed by atoms with Crippen molar-refractivity contribution >= 4 is 44.5 Å². The van der Waals surface area contributed by atoms with Gasteiger partial charge < -0.3 is 15.3 Å². The molecule has 0 unspecified atom stereocenters. The van der Waals surface area contributed by atoms with Gasteiger partial charge in [0.05, 0.1) is 11.1 Å². The van der Waals surface area contributed by atoms with Crippen LogP contribution in [0.5, 0.6) is 0 Å². The molecular weight excluding hydrogens is 520 g/mol. The van der Waals surface area contributed by atoms with E-state index in [9.17, 15) is 18.4 Å². The van der Waals surface area contributed by atoms with E-state index >= 15 is 0 Å². The number of nitrogens with one attached hydrogen (secondary N) is 1. The highest BCUT2D eigenvalue weighted by molar-refractivity contribution is 9.10. The molecule has 1 fully saturated rings. The van der Waals surface area contributed by atoms with Crippen LogP contribution in [0, 0.1) is 18.6 Å². The summed E-state index contributed by atoms with van der Waals surface area (Å²) in [6, 6.07) is 9.06. The topological polar surface area (TPSA) is 82.5 Å². The molecule has 1 atom stereocenters. The number of fused-ring (bicyclic) bond motifs is 1. The molecule has 0 saturated carbocycles. The number of halogens is 3. The third-order valence-electron chi connectivity index (χ3n) is 6.42. The zero-order valence-corrected chi connectivity index (χ0v) is 20.9. The van der Waals surface area contributed by atoms with Gasteiger partial charge in [0, 0.05) is 53.0 Å². The van der Waals surface area contributed by atoms with E-state index in [2.05, 4.69) is 26.1 Å². The zero-order chi connectivity index (χ0) is 25.1. The fourth-order valence-electron chi connectivity index (χ4n) is 4.70. The summed E-state index contributed by atoms with van der Waals surface area (Å²) < 4.78 is 29.8. The molecule has 35 heavy (non-hydrogen) atoms. The third-order valence-corrected chi connectivity index (χ3v) is 6.91. The smallest absolute Gasteiger partial charge is 0.303 e. The number of carboxylic acids is 1. The summed E-state index contributed by atoms with van der Waals surface area (Å²) in [5, 5.41) is 12.6. The number of rotatable bonds is 8. The molecular formula is C26H26BrF2N3O3. The zero-order valence-electron chi connectivity index (χ0n) is 19.3. The Morgan fingerprint density at radius 1 is 1.17 bits per heavy atom. The molecule has 2 heterocycles. The number of anilines is 1. The average Bonchev–Trinajstić information content (AvgIpc) is 3.34. The standard InChI is InChI=1S/C26H26BrF2N3O3/c1-15-23(18-13-17(27)8-9-21(18)31-25(15)32-11-2-3-12-32)26(35)30-14-16(7-10-22(33)34)24-19(28)5-4-6-20(24)29/h4-6,8-9,13,16H,2-3,7,10-12,14H2,1H3,(H,30,35)(H,33,34)/t16-/m1/s1. The summed E-state index contributed by atoms with van der Waals surface area (Å²) in [7, 11) is 0. The van der Waals surface area contributed by atoms with E-state index in [-0.39, 0.29) is 24.9 Å². The SMILES string of the molecule is Cc1c(N2CCCC2)nc2ccc(Br)cc2c1C(=O)NC[C@@H](CCC(=O)O)c1c(F)cccc1F. The van der Waals surface area contributed by atoms with Gasteiger partial charge in [-0.2, -0.15) is 0 Å². The second-order valence-corrected chi connectivity index (χ2v) is 9.68. The van der Waals surface area contributed by atoms with E-state index in [0.717, 1.165) is 53.9 Å². The lowest BCUT2D eigenvalue weighted by molar-refractivity contribution is -0.137. The second kappa shape index (κ2) is 10.7. The fraction of sp³-hybridized carbons (Fsp3) is 0.346. The summed E-state index contributed by atoms with van der Waals surface area (Å²) >= 11 is 3.46. The number of carbonyl (C=O) groups is 2. The predicted molar refractivity (Wildman–Crippen MR) is 134 cm³/mol. The fourth-order valence-corrected chi connectivity index (χ4v) is 5.06. The van der Waals surface area contributed by atoms with E-state index in [1.165, 1.54) is 6.07 Å². The first-order valence-corrected chi connectivity index (χ1v) is 12.3. The van der Waals surface area contributed by atoms with Crippen molar-refractivity contribution < 1.29 is 23.5 Å². The van der Waals surface area contributed by atoms with Crippen LogP contribution in [0.4, 0.5) is 14.6 Å². The average molecular weight is 546 g/mol. The molecule has 0 radical (unpaired) electrons. The Balaban J connectivity index is 1.69. The van der Waals surface area contributed by atoms with Crippen molar-refractivity contribution in [2.45, 2.75) is 38.5 Å². The number of aliphatic carboxylic acids is 1. The molecule has 1 aromatic heterocycles. The number of pyridine rings is 1. The van der Waals surface area contributed by atoms with Gasteiger partial charge in [0.2, 0.25) is 0 Å². The van der Waals surface area contributed by atoms with Gasteiger partial charge in [-0.15, -0.1) is 0 Å². The molecule has 184 valence electrons. The summed E-state index contributed by atoms with van der Waals surface area (Å²) in [5.41, 5.74) is 1.64. The normalized spacial score (nSPS) is 14.3. The lowest BCUT2D eigenvalue weighted by Gasteiger charge is -2.23. The predicted octanol–water partition coefficient (Wildman–Crippen LogP) is 5.56. The van der Waals surface area contributed by atoms with Gasteiger partial charge in [0.1, 0.15) is 17.5 Å². The molecule has 4 rings (SSSR count). The molecule has 9 heteroatoms. The molecule has 2 N–H and O–H groups in total. The van der Waals surface area contributed by atoms with E-state index in [1.807, 2.05) is 25.1 Å². The molecule has 2 aromatic carbocycles. The van der Waals surface area contributed by atoms with Crippen molar-refractivity contribution in [3.05, 3.63) is 69.2 Å². The van der Waals surface area contributed by atoms with Crippen molar-refractivity contribution in [3.8, 4) is 0 Å². The van der Waals surface area contributed by atoms with Gasteiger partial charge in [-0.05, 0) is 56.5 Å². The van der Waals surface area contributed by atoms with Crippen molar-refractivity contribution in [3.63, 3.8) is 0 Å². The highest BCUT2D eigenvalue weighted by atomic mass is 79.9. The summed E-state index contributed by atoms with van der Waals surface area (Å²) in [5.74, 6) is -3.08. The Morgan fingerprint density at radius 3 is 2.51 bits per heavy atom. The second-order valence-electron chi connectivity index (χ2n) is 8.77. The summed E-state index contributed by atoms with van der Waals surface area (Å²) in [6.45, 7) is 3.47. The Bertz CT molecular complexity index is 1260. The molecule has 0 bridgehead atoms. The monoisotopic (exact) mass is 545 g/mol. The van der Waals surface area contributed by atoms with Gasteiger partial charge in [-0.3, -0.25) is 9.59 Å². The number of hydrogen-bond donors (Lipinski definition) is 2. The van der Waals surface area contributed by atoms with E-state index in [1.54, 1.807) is 0 Å². The minimum atomic E-state index is -1.07. The lowest BCUT2D eigenvalue weighted by Crippen LogP contribution is -2.31. The van der Waals surface area contributed by atoms with Crippen LogP contribution in [0.3, 0.4) is 0 Å². The van der Waals surface area contributed by atoms with Crippen LogP contribution >= 0.6 is 15.9 Å². The van der Waals surface area contributed by atoms with Crippen molar-refractivity contribution in [2.24, 2.45) is 0 Å². The maximum Gasteiger partial charge on any atom is 0.303 e. The van der Waals surface area contributed by atoms with Crippen LogP contribution in [-0.4, -0.2) is 41.6 Å². The number of carbonyl (C=O) groups excluding carboxylic acids is 1. The van der Waals surface area contributed by atoms with Crippen LogP contribution in [0.15, 0.2) is 40.9 Å². The lowest BCUT2D eigenvalue weighted by atomic mass is 9.92. The van der Waals surface area contributed by atoms with Gasteiger partial charge >= 0.3 is 5.97 Å². The van der Waals surface area contributed by atoms with Crippen LogP contribution < -0.4 is 10.2 Å². The Labute approximate surface area is 210 Å². The van der Waals surface area contributed by atoms with E-state index in [0.29, 0.717) is 16.5 Å². The Hall–Kier alpha value is -3.07. The van der Waals surface area contributed by atoms with E-state index in [4.69, 9.17) is 10.1 Å². The molecule has 1 aliphatic rings. The first-order chi connectivity index (χ1) is 16.8. The van der Waals surface area contributed by atoms with Crippen LogP contribution in [-0.2, 0) is 4.79 Å². The first-order valence-electron chi connectivity index (χ1n) is 11.5. The Morgan fingerprint density at radius 2 is 1.86 bits per heavy atom. The molecule has 3 aromatic rings. The van der Waals surface area contributed by atoms with Gasteiger partial charge in [0.15, 0.2) is 0 Å². The van der Waals surface area contributed by atoms with Gasteiger partial charge in [-0.25, -0.2) is 13.8 Å². The Kier molecular flexibility index (Phi) is 7.64. The minimum absolute atomic E-state index is 0.0197. The summed E-state index contributed by atoms with van der Waals surface area (Å²) in [4.78, 5) is 31.7. The molecule has 6 nitrogen and oxygen atoms in total. The molecule has 1 saturated heterocycles. The van der Waals surface area contributed by atoms with Crippen LogP contribution in [0.1, 0.15) is 53.1 Å². The highest BCUT2D eigenvalue weighted by Crippen LogP contribution is 2.32. The maximum atomic E-state index is 14.5. The van der Waals surface area contributed by atoms with Crippen molar-refractivity contribution in [1.29, 1.82) is 0 Å². The van der Waals surface area contributed by atoms with Crippen LogP contribution in [0.25, 0.3) is 10.9 Å². The third kappa shape index (κ3) is 5.45. The van der Waals surface area contributed by atoms with Crippen molar-refractivity contribution in [1.82, 2.24) is 10.3 Å². The van der Waals surface area contributed by atoms with E-state index < -0.39 is 29.4 Å².